The SMILES string of the molecule is CCOC(=O)Cc1cc(CN)nc(C(F)F)c1Cl. The van der Waals surface area contributed by atoms with Crippen LogP contribution >= 0.6 is 11.6 Å². The highest BCUT2D eigenvalue weighted by Gasteiger charge is 2.20. The molecule has 0 radical (unpaired) electrons. The van der Waals surface area contributed by atoms with Crippen molar-refractivity contribution in [2.75, 3.05) is 6.61 Å². The number of nitrogens with two attached hydrogens (primary N) is 1. The van der Waals surface area contributed by atoms with Gasteiger partial charge in [0.05, 0.1) is 23.7 Å². The Bertz CT molecular complexity index is 441. The number of hydrogen-bond donors (Lipinski definition) is 1. The maximum Gasteiger partial charge on any atom is 0.310 e. The van der Waals surface area contributed by atoms with Crippen molar-refractivity contribution in [2.45, 2.75) is 26.3 Å². The number of ether oxygens (including phenoxy) is 1. The van der Waals surface area contributed by atoms with Gasteiger partial charge in [0.15, 0.2) is 0 Å². The van der Waals surface area contributed by atoms with Gasteiger partial charge in [-0.05, 0) is 18.6 Å². The number of carbonyl (C=O) groups excluding carboxylic acids is 1. The van der Waals surface area contributed by atoms with Crippen LogP contribution in [-0.4, -0.2) is 17.6 Å². The van der Waals surface area contributed by atoms with Crippen LogP contribution in [0.2, 0.25) is 5.02 Å². The molecule has 0 atom stereocenters. The molecule has 1 aromatic heterocycles. The number of nitrogens with zero attached hydrogens (tertiary/aromatic N) is 1. The second-order valence-electron chi connectivity index (χ2n) is 3.46. The van der Waals surface area contributed by atoms with E-state index < -0.39 is 18.1 Å². The van der Waals surface area contributed by atoms with E-state index in [0.717, 1.165) is 0 Å². The van der Waals surface area contributed by atoms with E-state index in [-0.39, 0.29) is 35.9 Å². The summed E-state index contributed by atoms with van der Waals surface area (Å²) in [4.78, 5) is 15.0. The first-order chi connectivity index (χ1) is 8.49. The number of pyridine rings is 1. The largest absolute Gasteiger partial charge is 0.466 e. The molecule has 0 aliphatic heterocycles. The molecule has 0 spiro atoms. The van der Waals surface area contributed by atoms with Crippen molar-refractivity contribution in [2.24, 2.45) is 5.73 Å². The third-order valence-electron chi connectivity index (χ3n) is 2.17. The topological polar surface area (TPSA) is 65.2 Å². The lowest BCUT2D eigenvalue weighted by Crippen LogP contribution is -2.11. The van der Waals surface area contributed by atoms with E-state index >= 15 is 0 Å². The lowest BCUT2D eigenvalue weighted by Gasteiger charge is -2.10. The van der Waals surface area contributed by atoms with E-state index in [1.807, 2.05) is 0 Å². The quantitative estimate of drug-likeness (QED) is 0.839. The van der Waals surface area contributed by atoms with Gasteiger partial charge in [-0.2, -0.15) is 0 Å². The summed E-state index contributed by atoms with van der Waals surface area (Å²) in [5, 5.41) is -0.213. The minimum atomic E-state index is -2.81. The predicted molar refractivity (Wildman–Crippen MR) is 62.4 cm³/mol. The number of alkyl halides is 2. The van der Waals surface area contributed by atoms with Crippen LogP contribution in [0.4, 0.5) is 8.78 Å². The lowest BCUT2D eigenvalue weighted by atomic mass is 10.1. The Morgan fingerprint density at radius 2 is 2.28 bits per heavy atom. The highest BCUT2D eigenvalue weighted by atomic mass is 35.5. The summed E-state index contributed by atoms with van der Waals surface area (Å²) in [5.41, 5.74) is 5.31. The van der Waals surface area contributed by atoms with Gasteiger partial charge in [0, 0.05) is 6.54 Å². The first-order valence-electron chi connectivity index (χ1n) is 5.31. The first-order valence-corrected chi connectivity index (χ1v) is 5.69. The van der Waals surface area contributed by atoms with Gasteiger partial charge in [0.25, 0.3) is 6.43 Å². The molecule has 18 heavy (non-hydrogen) atoms. The minimum Gasteiger partial charge on any atom is -0.466 e. The third kappa shape index (κ3) is 3.61. The molecule has 0 saturated heterocycles. The Balaban J connectivity index is 3.09. The van der Waals surface area contributed by atoms with E-state index in [2.05, 4.69) is 4.98 Å². The molecule has 7 heteroatoms. The Kier molecular flexibility index (Phi) is 5.43. The van der Waals surface area contributed by atoms with Crippen LogP contribution in [0.15, 0.2) is 6.07 Å². The van der Waals surface area contributed by atoms with Crippen molar-refractivity contribution in [3.05, 3.63) is 28.0 Å². The van der Waals surface area contributed by atoms with Gasteiger partial charge in [0.2, 0.25) is 0 Å². The van der Waals surface area contributed by atoms with Crippen LogP contribution in [-0.2, 0) is 22.5 Å². The molecule has 4 nitrogen and oxygen atoms in total. The monoisotopic (exact) mass is 278 g/mol. The van der Waals surface area contributed by atoms with Crippen LogP contribution in [0.3, 0.4) is 0 Å². The zero-order chi connectivity index (χ0) is 13.7. The molecule has 0 unspecified atom stereocenters. The molecule has 0 aromatic carbocycles. The van der Waals surface area contributed by atoms with E-state index in [1.165, 1.54) is 6.07 Å². The van der Waals surface area contributed by atoms with Gasteiger partial charge in [0.1, 0.15) is 5.69 Å². The van der Waals surface area contributed by atoms with Gasteiger partial charge in [-0.15, -0.1) is 0 Å². The van der Waals surface area contributed by atoms with Crippen molar-refractivity contribution >= 4 is 17.6 Å². The Labute approximate surface area is 108 Å². The summed E-state index contributed by atoms with van der Waals surface area (Å²) in [6.07, 6.45) is -2.99. The zero-order valence-corrected chi connectivity index (χ0v) is 10.5. The van der Waals surface area contributed by atoms with Crippen molar-refractivity contribution in [3.8, 4) is 0 Å². The molecular formula is C11H13ClF2N2O2. The molecule has 1 rings (SSSR count). The van der Waals surface area contributed by atoms with Gasteiger partial charge < -0.3 is 10.5 Å². The highest BCUT2D eigenvalue weighted by Crippen LogP contribution is 2.29. The standard InChI is InChI=1S/C11H13ClF2N2O2/c1-2-18-8(17)4-6-3-7(5-15)16-10(9(6)12)11(13)14/h3,11H,2,4-5,15H2,1H3. The van der Waals surface area contributed by atoms with Crippen molar-refractivity contribution in [1.29, 1.82) is 0 Å². The smallest absolute Gasteiger partial charge is 0.310 e. The first kappa shape index (κ1) is 14.8. The Hall–Kier alpha value is -1.27. The molecule has 2 N–H and O–H groups in total. The average molecular weight is 279 g/mol. The third-order valence-corrected chi connectivity index (χ3v) is 2.60. The summed E-state index contributed by atoms with van der Waals surface area (Å²) < 4.78 is 30.1. The normalized spacial score (nSPS) is 10.8. The molecule has 0 aliphatic carbocycles. The molecule has 0 saturated carbocycles. The van der Waals surface area contributed by atoms with Crippen molar-refractivity contribution in [3.63, 3.8) is 0 Å². The Morgan fingerprint density at radius 3 is 2.78 bits per heavy atom. The van der Waals surface area contributed by atoms with Gasteiger partial charge in [-0.3, -0.25) is 4.79 Å². The van der Waals surface area contributed by atoms with Crippen LogP contribution < -0.4 is 5.73 Å². The fraction of sp³-hybridized carbons (Fsp3) is 0.455. The summed E-state index contributed by atoms with van der Waals surface area (Å²) in [7, 11) is 0. The summed E-state index contributed by atoms with van der Waals surface area (Å²) in [6.45, 7) is 1.86. The van der Waals surface area contributed by atoms with Crippen molar-refractivity contribution < 1.29 is 18.3 Å². The number of aromatic nitrogens is 1. The maximum atomic E-state index is 12.7. The van der Waals surface area contributed by atoms with Gasteiger partial charge >= 0.3 is 5.97 Å². The van der Waals surface area contributed by atoms with E-state index in [1.54, 1.807) is 6.92 Å². The minimum absolute atomic E-state index is 0.00723. The average Bonchev–Trinajstić information content (AvgIpc) is 2.31. The molecular weight excluding hydrogens is 266 g/mol. The molecule has 0 fully saturated rings. The molecule has 1 aromatic rings. The van der Waals surface area contributed by atoms with Crippen LogP contribution in [0, 0.1) is 0 Å². The molecule has 0 aliphatic rings. The zero-order valence-electron chi connectivity index (χ0n) is 9.75. The summed E-state index contributed by atoms with van der Waals surface area (Å²) in [6, 6.07) is 1.44. The summed E-state index contributed by atoms with van der Waals surface area (Å²) >= 11 is 5.79. The number of esters is 1. The van der Waals surface area contributed by atoms with Crippen LogP contribution in [0.25, 0.3) is 0 Å². The van der Waals surface area contributed by atoms with Crippen LogP contribution in [0.5, 0.6) is 0 Å². The maximum absolute atomic E-state index is 12.7. The number of rotatable bonds is 5. The van der Waals surface area contributed by atoms with Gasteiger partial charge in [-0.25, -0.2) is 13.8 Å². The van der Waals surface area contributed by atoms with Crippen molar-refractivity contribution in [1.82, 2.24) is 4.98 Å². The molecule has 100 valence electrons. The Morgan fingerprint density at radius 1 is 1.61 bits per heavy atom. The number of halogens is 3. The van der Waals surface area contributed by atoms with E-state index in [0.29, 0.717) is 0 Å². The predicted octanol–water partition coefficient (Wildman–Crippen LogP) is 2.24. The van der Waals surface area contributed by atoms with E-state index in [4.69, 9.17) is 22.1 Å². The lowest BCUT2D eigenvalue weighted by molar-refractivity contribution is -0.142. The fourth-order valence-corrected chi connectivity index (χ4v) is 1.66. The molecule has 1 heterocycles. The number of hydrogen-bond acceptors (Lipinski definition) is 4. The van der Waals surface area contributed by atoms with Gasteiger partial charge in [-0.1, -0.05) is 11.6 Å². The second-order valence-corrected chi connectivity index (χ2v) is 3.84. The molecule has 0 amide bonds. The fourth-order valence-electron chi connectivity index (χ4n) is 1.41. The molecule has 0 bridgehead atoms. The second kappa shape index (κ2) is 6.61. The van der Waals surface area contributed by atoms with Crippen LogP contribution in [0.1, 0.15) is 30.3 Å². The summed E-state index contributed by atoms with van der Waals surface area (Å²) in [5.74, 6) is -0.534. The highest BCUT2D eigenvalue weighted by molar-refractivity contribution is 6.32. The van der Waals surface area contributed by atoms with E-state index in [9.17, 15) is 13.6 Å². The number of carbonyl (C=O) groups is 1.